The van der Waals surface area contributed by atoms with E-state index in [9.17, 15) is 4.79 Å². The van der Waals surface area contributed by atoms with Gasteiger partial charge >= 0.3 is 0 Å². The smallest absolute Gasteiger partial charge is 0.271 e. The van der Waals surface area contributed by atoms with Crippen LogP contribution in [-0.4, -0.2) is 21.7 Å². The molecule has 0 saturated heterocycles. The van der Waals surface area contributed by atoms with Crippen LogP contribution in [0.4, 0.5) is 5.69 Å². The van der Waals surface area contributed by atoms with Gasteiger partial charge in [0.15, 0.2) is 0 Å². The van der Waals surface area contributed by atoms with Crippen LogP contribution in [0, 0.1) is 5.41 Å². The van der Waals surface area contributed by atoms with Gasteiger partial charge in [0.25, 0.3) is 5.91 Å². The zero-order valence-corrected chi connectivity index (χ0v) is 12.1. The maximum absolute atomic E-state index is 12.3. The lowest BCUT2D eigenvalue weighted by Crippen LogP contribution is -2.40. The fourth-order valence-electron chi connectivity index (χ4n) is 2.69. The molecule has 0 bridgehead atoms. The van der Waals surface area contributed by atoms with Gasteiger partial charge in [-0.25, -0.2) is 0 Å². The molecule has 5 nitrogen and oxygen atoms in total. The summed E-state index contributed by atoms with van der Waals surface area (Å²) in [4.78, 5) is 12.3. The molecule has 1 amide bonds. The fraction of sp³-hybridized carbons (Fsp3) is 0.714. The van der Waals surface area contributed by atoms with Crippen molar-refractivity contribution in [2.45, 2.75) is 59.0 Å². The fourth-order valence-corrected chi connectivity index (χ4v) is 2.69. The zero-order valence-electron chi connectivity index (χ0n) is 12.1. The lowest BCUT2D eigenvalue weighted by Gasteiger charge is -2.34. The number of carbonyl (C=O) groups is 1. The number of anilines is 1. The molecule has 0 radical (unpaired) electrons. The second kappa shape index (κ2) is 5.23. The van der Waals surface area contributed by atoms with Crippen molar-refractivity contribution in [2.24, 2.45) is 5.41 Å². The van der Waals surface area contributed by atoms with Crippen LogP contribution < -0.4 is 11.1 Å². The predicted molar refractivity (Wildman–Crippen MR) is 75.8 cm³/mol. The highest BCUT2D eigenvalue weighted by atomic mass is 16.2. The molecule has 1 aromatic heterocycles. The number of nitrogens with one attached hydrogen (secondary N) is 1. The van der Waals surface area contributed by atoms with Crippen molar-refractivity contribution in [3.8, 4) is 0 Å². The molecule has 0 aliphatic heterocycles. The highest BCUT2D eigenvalue weighted by molar-refractivity contribution is 5.97. The quantitative estimate of drug-likeness (QED) is 0.879. The van der Waals surface area contributed by atoms with E-state index in [1.807, 2.05) is 6.92 Å². The van der Waals surface area contributed by atoms with Gasteiger partial charge in [0.1, 0.15) is 5.69 Å². The summed E-state index contributed by atoms with van der Waals surface area (Å²) < 4.78 is 1.65. The Labute approximate surface area is 114 Å². The third-order valence-electron chi connectivity index (χ3n) is 4.06. The highest BCUT2D eigenvalue weighted by Crippen LogP contribution is 2.35. The predicted octanol–water partition coefficient (Wildman–Crippen LogP) is 2.18. The van der Waals surface area contributed by atoms with Gasteiger partial charge in [0, 0.05) is 12.6 Å². The standard InChI is InChI=1S/C14H24N4O/c1-4-18-12(11(15)9-16-18)13(19)17-10-5-7-14(2,3)8-6-10/h9-10H,4-8,15H2,1-3H3,(H,17,19). The molecule has 1 aliphatic carbocycles. The van der Waals surface area contributed by atoms with Crippen LogP contribution in [0.1, 0.15) is 56.9 Å². The zero-order chi connectivity index (χ0) is 14.0. The van der Waals surface area contributed by atoms with E-state index >= 15 is 0 Å². The van der Waals surface area contributed by atoms with E-state index in [1.54, 1.807) is 10.9 Å². The molecule has 2 rings (SSSR count). The van der Waals surface area contributed by atoms with Gasteiger partial charge in [-0.05, 0) is 38.0 Å². The Kier molecular flexibility index (Phi) is 3.83. The first-order valence-corrected chi connectivity index (χ1v) is 7.05. The SMILES string of the molecule is CCn1ncc(N)c1C(=O)NC1CCC(C)(C)CC1. The second-order valence-corrected chi connectivity index (χ2v) is 6.18. The minimum atomic E-state index is -0.0958. The molecule has 3 N–H and O–H groups in total. The Hall–Kier alpha value is -1.52. The van der Waals surface area contributed by atoms with E-state index in [2.05, 4.69) is 24.3 Å². The molecule has 0 unspecified atom stereocenters. The number of aryl methyl sites for hydroxylation is 1. The Morgan fingerprint density at radius 2 is 2.16 bits per heavy atom. The molecule has 5 heteroatoms. The molecule has 1 heterocycles. The molecular weight excluding hydrogens is 240 g/mol. The summed E-state index contributed by atoms with van der Waals surface area (Å²) in [5.74, 6) is -0.0958. The number of rotatable bonds is 3. The summed E-state index contributed by atoms with van der Waals surface area (Å²) in [5, 5.41) is 7.20. The summed E-state index contributed by atoms with van der Waals surface area (Å²) in [5.41, 5.74) is 7.18. The molecule has 0 atom stereocenters. The lowest BCUT2D eigenvalue weighted by atomic mass is 9.75. The average Bonchev–Trinajstić information content (AvgIpc) is 2.73. The first-order chi connectivity index (χ1) is 8.93. The summed E-state index contributed by atoms with van der Waals surface area (Å²) in [6, 6.07) is 0.264. The molecule has 106 valence electrons. The van der Waals surface area contributed by atoms with Crippen molar-refractivity contribution in [3.05, 3.63) is 11.9 Å². The molecular formula is C14H24N4O. The third-order valence-corrected chi connectivity index (χ3v) is 4.06. The molecule has 1 aromatic rings. The van der Waals surface area contributed by atoms with E-state index in [1.165, 1.54) is 0 Å². The summed E-state index contributed by atoms with van der Waals surface area (Å²) in [6.45, 7) is 7.17. The maximum Gasteiger partial charge on any atom is 0.271 e. The largest absolute Gasteiger partial charge is 0.396 e. The molecule has 1 saturated carbocycles. The van der Waals surface area contributed by atoms with Crippen molar-refractivity contribution in [3.63, 3.8) is 0 Å². The van der Waals surface area contributed by atoms with E-state index in [4.69, 9.17) is 5.73 Å². The van der Waals surface area contributed by atoms with Crippen molar-refractivity contribution in [1.29, 1.82) is 0 Å². The van der Waals surface area contributed by atoms with E-state index in [-0.39, 0.29) is 11.9 Å². The molecule has 0 spiro atoms. The summed E-state index contributed by atoms with van der Waals surface area (Å²) >= 11 is 0. The van der Waals surface area contributed by atoms with Gasteiger partial charge in [-0.3, -0.25) is 9.48 Å². The summed E-state index contributed by atoms with van der Waals surface area (Å²) in [7, 11) is 0. The van der Waals surface area contributed by atoms with Crippen molar-refractivity contribution >= 4 is 11.6 Å². The molecule has 0 aromatic carbocycles. The summed E-state index contributed by atoms with van der Waals surface area (Å²) in [6.07, 6.45) is 5.93. The van der Waals surface area contributed by atoms with Crippen LogP contribution >= 0.6 is 0 Å². The number of nitrogen functional groups attached to an aromatic ring is 1. The minimum Gasteiger partial charge on any atom is -0.396 e. The minimum absolute atomic E-state index is 0.0958. The normalized spacial score (nSPS) is 19.3. The Bertz CT molecular complexity index is 454. The van der Waals surface area contributed by atoms with Crippen LogP contribution in [0.25, 0.3) is 0 Å². The number of nitrogens with two attached hydrogens (primary N) is 1. The second-order valence-electron chi connectivity index (χ2n) is 6.18. The first-order valence-electron chi connectivity index (χ1n) is 7.05. The topological polar surface area (TPSA) is 72.9 Å². The lowest BCUT2D eigenvalue weighted by molar-refractivity contribution is 0.0899. The molecule has 1 fully saturated rings. The van der Waals surface area contributed by atoms with Crippen molar-refractivity contribution < 1.29 is 4.79 Å². The molecule has 19 heavy (non-hydrogen) atoms. The van der Waals surface area contributed by atoms with E-state index in [0.29, 0.717) is 23.3 Å². The van der Waals surface area contributed by atoms with Crippen molar-refractivity contribution in [1.82, 2.24) is 15.1 Å². The van der Waals surface area contributed by atoms with Crippen LogP contribution in [0.5, 0.6) is 0 Å². The van der Waals surface area contributed by atoms with Gasteiger partial charge in [-0.2, -0.15) is 5.10 Å². The number of amides is 1. The third kappa shape index (κ3) is 3.08. The Balaban J connectivity index is 2.00. The Morgan fingerprint density at radius 1 is 1.53 bits per heavy atom. The number of carbonyl (C=O) groups excluding carboxylic acids is 1. The van der Waals surface area contributed by atoms with Crippen LogP contribution in [0.3, 0.4) is 0 Å². The first kappa shape index (κ1) is 13.9. The van der Waals surface area contributed by atoms with Gasteiger partial charge < -0.3 is 11.1 Å². The van der Waals surface area contributed by atoms with Crippen LogP contribution in [0.2, 0.25) is 0 Å². The van der Waals surface area contributed by atoms with Gasteiger partial charge in [0.2, 0.25) is 0 Å². The van der Waals surface area contributed by atoms with Crippen molar-refractivity contribution in [2.75, 3.05) is 5.73 Å². The molecule has 1 aliphatic rings. The highest BCUT2D eigenvalue weighted by Gasteiger charge is 2.28. The van der Waals surface area contributed by atoms with E-state index in [0.717, 1.165) is 25.7 Å². The monoisotopic (exact) mass is 264 g/mol. The number of aromatic nitrogens is 2. The maximum atomic E-state index is 12.3. The number of nitrogens with zero attached hydrogens (tertiary/aromatic N) is 2. The average molecular weight is 264 g/mol. The number of hydrogen-bond donors (Lipinski definition) is 2. The van der Waals surface area contributed by atoms with Gasteiger partial charge in [-0.1, -0.05) is 13.8 Å². The van der Waals surface area contributed by atoms with Gasteiger partial charge in [0.05, 0.1) is 11.9 Å². The van der Waals surface area contributed by atoms with Gasteiger partial charge in [-0.15, -0.1) is 0 Å². The number of hydrogen-bond acceptors (Lipinski definition) is 3. The Morgan fingerprint density at radius 3 is 2.74 bits per heavy atom. The van der Waals surface area contributed by atoms with Crippen LogP contribution in [-0.2, 0) is 6.54 Å². The van der Waals surface area contributed by atoms with E-state index < -0.39 is 0 Å². The van der Waals surface area contributed by atoms with Crippen LogP contribution in [0.15, 0.2) is 6.20 Å².